The highest BCUT2D eigenvalue weighted by Gasteiger charge is 2.13. The van der Waals surface area contributed by atoms with Crippen LogP contribution in [0.5, 0.6) is 0 Å². The third-order valence-electron chi connectivity index (χ3n) is 2.55. The van der Waals surface area contributed by atoms with E-state index in [1.165, 1.54) is 0 Å². The van der Waals surface area contributed by atoms with Crippen LogP contribution in [0.1, 0.15) is 46.5 Å². The van der Waals surface area contributed by atoms with E-state index in [4.69, 9.17) is 0 Å². The number of hydrogen-bond acceptors (Lipinski definition) is 3. The first-order valence-electron chi connectivity index (χ1n) is 5.37. The highest BCUT2D eigenvalue weighted by molar-refractivity contribution is 4.61. The minimum absolute atomic E-state index is 0.255. The molecule has 4 nitrogen and oxygen atoms in total. The second kappa shape index (κ2) is 7.59. The Bertz CT molecular complexity index is 161. The fourth-order valence-electron chi connectivity index (χ4n) is 1.58. The molecule has 2 atom stereocenters. The lowest BCUT2D eigenvalue weighted by molar-refractivity contribution is -0.759. The van der Waals surface area contributed by atoms with Crippen molar-refractivity contribution in [2.24, 2.45) is 11.8 Å². The van der Waals surface area contributed by atoms with Gasteiger partial charge in [-0.25, -0.2) is 0 Å². The van der Waals surface area contributed by atoms with E-state index >= 15 is 0 Å². The Kier molecular flexibility index (Phi) is 7.16. The standard InChI is InChI=1S/C10H21NO3/c1-4-6-10(7-9(3)5-2)8-14-11(12)13/h9-10H,4-8H2,1-3H3. The van der Waals surface area contributed by atoms with E-state index in [2.05, 4.69) is 25.6 Å². The summed E-state index contributed by atoms with van der Waals surface area (Å²) in [5, 5.41) is 9.35. The van der Waals surface area contributed by atoms with E-state index in [-0.39, 0.29) is 6.61 Å². The summed E-state index contributed by atoms with van der Waals surface area (Å²) in [5.41, 5.74) is 0. The lowest BCUT2D eigenvalue weighted by Crippen LogP contribution is -2.15. The number of rotatable bonds is 8. The van der Waals surface area contributed by atoms with E-state index in [0.29, 0.717) is 11.8 Å². The fraction of sp³-hybridized carbons (Fsp3) is 1.00. The van der Waals surface area contributed by atoms with Gasteiger partial charge in [0.15, 0.2) is 0 Å². The Hall–Kier alpha value is -0.800. The zero-order valence-electron chi connectivity index (χ0n) is 9.36. The van der Waals surface area contributed by atoms with Crippen LogP contribution in [0, 0.1) is 22.0 Å². The van der Waals surface area contributed by atoms with E-state index in [1.54, 1.807) is 0 Å². The maximum Gasteiger partial charge on any atom is 0.294 e. The quantitative estimate of drug-likeness (QED) is 0.450. The van der Waals surface area contributed by atoms with Crippen molar-refractivity contribution in [3.05, 3.63) is 10.1 Å². The summed E-state index contributed by atoms with van der Waals surface area (Å²) in [6, 6.07) is 0. The molecule has 0 aliphatic carbocycles. The normalized spacial score (nSPS) is 14.8. The fourth-order valence-corrected chi connectivity index (χ4v) is 1.58. The average Bonchev–Trinajstić information content (AvgIpc) is 2.14. The zero-order valence-corrected chi connectivity index (χ0v) is 9.36. The second-order valence-electron chi connectivity index (χ2n) is 3.92. The summed E-state index contributed by atoms with van der Waals surface area (Å²) >= 11 is 0. The van der Waals surface area contributed by atoms with Gasteiger partial charge in [0.25, 0.3) is 5.09 Å². The van der Waals surface area contributed by atoms with Crippen molar-refractivity contribution in [2.45, 2.75) is 46.5 Å². The third kappa shape index (κ3) is 6.69. The third-order valence-corrected chi connectivity index (χ3v) is 2.55. The van der Waals surface area contributed by atoms with Gasteiger partial charge in [0.2, 0.25) is 0 Å². The minimum atomic E-state index is -0.695. The molecule has 0 heterocycles. The van der Waals surface area contributed by atoms with Crippen LogP contribution >= 0.6 is 0 Å². The molecule has 0 aliphatic rings. The van der Waals surface area contributed by atoms with Crippen LogP contribution in [-0.2, 0) is 4.84 Å². The van der Waals surface area contributed by atoms with Crippen LogP contribution in [0.3, 0.4) is 0 Å². The van der Waals surface area contributed by atoms with Crippen LogP contribution in [-0.4, -0.2) is 11.7 Å². The molecule has 4 heteroatoms. The van der Waals surface area contributed by atoms with Crippen LogP contribution in [0.15, 0.2) is 0 Å². The van der Waals surface area contributed by atoms with E-state index in [1.807, 2.05) is 0 Å². The summed E-state index contributed by atoms with van der Waals surface area (Å²) in [6.45, 7) is 6.66. The highest BCUT2D eigenvalue weighted by Crippen LogP contribution is 2.19. The topological polar surface area (TPSA) is 52.4 Å². The molecular weight excluding hydrogens is 182 g/mol. The van der Waals surface area contributed by atoms with Crippen molar-refractivity contribution in [3.63, 3.8) is 0 Å². The van der Waals surface area contributed by atoms with Crippen molar-refractivity contribution in [2.75, 3.05) is 6.61 Å². The smallest absolute Gasteiger partial charge is 0.294 e. The van der Waals surface area contributed by atoms with Crippen LogP contribution in [0.2, 0.25) is 0 Å². The largest absolute Gasteiger partial charge is 0.314 e. The Morgan fingerprint density at radius 3 is 2.50 bits per heavy atom. The van der Waals surface area contributed by atoms with Gasteiger partial charge in [0, 0.05) is 0 Å². The number of hydrogen-bond donors (Lipinski definition) is 0. The lowest BCUT2D eigenvalue weighted by Gasteiger charge is -2.18. The predicted octanol–water partition coefficient (Wildman–Crippen LogP) is 3.05. The maximum atomic E-state index is 10.0. The van der Waals surface area contributed by atoms with Crippen molar-refractivity contribution in [1.82, 2.24) is 0 Å². The Morgan fingerprint density at radius 2 is 2.07 bits per heavy atom. The van der Waals surface area contributed by atoms with Crippen molar-refractivity contribution in [3.8, 4) is 0 Å². The van der Waals surface area contributed by atoms with Gasteiger partial charge in [-0.15, -0.1) is 10.1 Å². The molecule has 0 fully saturated rings. The molecule has 0 spiro atoms. The first kappa shape index (κ1) is 13.2. The summed E-state index contributed by atoms with van der Waals surface area (Å²) in [7, 11) is 0. The molecule has 0 aromatic rings. The molecule has 0 radical (unpaired) electrons. The molecule has 0 N–H and O–H groups in total. The zero-order chi connectivity index (χ0) is 11.0. The highest BCUT2D eigenvalue weighted by atomic mass is 16.9. The molecule has 84 valence electrons. The van der Waals surface area contributed by atoms with E-state index < -0.39 is 5.09 Å². The molecule has 2 unspecified atom stereocenters. The van der Waals surface area contributed by atoms with Gasteiger partial charge in [0.1, 0.15) is 0 Å². The molecule has 0 aromatic carbocycles. The van der Waals surface area contributed by atoms with E-state index in [0.717, 1.165) is 25.7 Å². The lowest BCUT2D eigenvalue weighted by atomic mass is 9.91. The van der Waals surface area contributed by atoms with Crippen LogP contribution < -0.4 is 0 Å². The van der Waals surface area contributed by atoms with Gasteiger partial charge < -0.3 is 4.84 Å². The molecule has 0 aromatic heterocycles. The molecule has 14 heavy (non-hydrogen) atoms. The maximum absolute atomic E-state index is 10.0. The Balaban J connectivity index is 3.82. The van der Waals surface area contributed by atoms with Crippen LogP contribution in [0.4, 0.5) is 0 Å². The second-order valence-corrected chi connectivity index (χ2v) is 3.92. The molecule has 0 bridgehead atoms. The van der Waals surface area contributed by atoms with Gasteiger partial charge in [-0.1, -0.05) is 33.6 Å². The van der Waals surface area contributed by atoms with Gasteiger partial charge in [-0.2, -0.15) is 0 Å². The monoisotopic (exact) mass is 203 g/mol. The first-order valence-corrected chi connectivity index (χ1v) is 5.37. The molecule has 0 saturated carbocycles. The Morgan fingerprint density at radius 1 is 1.43 bits per heavy atom. The number of nitrogens with zero attached hydrogens (tertiary/aromatic N) is 1. The van der Waals surface area contributed by atoms with Gasteiger partial charge in [-0.05, 0) is 24.7 Å². The summed E-state index contributed by atoms with van der Waals surface area (Å²) < 4.78 is 0. The molecule has 0 saturated heterocycles. The van der Waals surface area contributed by atoms with Crippen molar-refractivity contribution in [1.29, 1.82) is 0 Å². The molecular formula is C10H21NO3. The molecule has 0 amide bonds. The predicted molar refractivity (Wildman–Crippen MR) is 55.4 cm³/mol. The SMILES string of the molecule is CCCC(CO[N+](=O)[O-])CC(C)CC. The van der Waals surface area contributed by atoms with E-state index in [9.17, 15) is 10.1 Å². The van der Waals surface area contributed by atoms with Crippen LogP contribution in [0.25, 0.3) is 0 Å². The molecule has 0 aliphatic heterocycles. The summed E-state index contributed by atoms with van der Waals surface area (Å²) in [4.78, 5) is 14.5. The minimum Gasteiger partial charge on any atom is -0.314 e. The summed E-state index contributed by atoms with van der Waals surface area (Å²) in [5.74, 6) is 0.960. The van der Waals surface area contributed by atoms with Gasteiger partial charge in [0.05, 0.1) is 6.61 Å². The van der Waals surface area contributed by atoms with Gasteiger partial charge in [-0.3, -0.25) is 0 Å². The van der Waals surface area contributed by atoms with Gasteiger partial charge >= 0.3 is 0 Å². The van der Waals surface area contributed by atoms with Crippen molar-refractivity contribution >= 4 is 0 Å². The summed E-state index contributed by atoms with van der Waals surface area (Å²) in [6.07, 6.45) is 4.22. The molecule has 0 rings (SSSR count). The Labute approximate surface area is 85.7 Å². The first-order chi connectivity index (χ1) is 6.60. The van der Waals surface area contributed by atoms with Crippen molar-refractivity contribution < 1.29 is 9.92 Å². The average molecular weight is 203 g/mol.